The summed E-state index contributed by atoms with van der Waals surface area (Å²) in [5, 5.41) is 15.9. The second-order valence-electron chi connectivity index (χ2n) is 4.36. The van der Waals surface area contributed by atoms with Crippen LogP contribution in [0.5, 0.6) is 0 Å². The van der Waals surface area contributed by atoms with Gasteiger partial charge in [-0.15, -0.1) is 0 Å². The fourth-order valence-electron chi connectivity index (χ4n) is 2.09. The van der Waals surface area contributed by atoms with Gasteiger partial charge in [0.25, 0.3) is 5.91 Å². The van der Waals surface area contributed by atoms with Crippen molar-refractivity contribution < 1.29 is 14.6 Å². The number of methoxy groups -OCH3 is 1. The normalized spacial score (nSPS) is 24.8. The number of carbonyl (C=O) groups is 1. The predicted molar refractivity (Wildman–Crippen MR) is 67.0 cm³/mol. The van der Waals surface area contributed by atoms with Crippen molar-refractivity contribution in [1.82, 2.24) is 10.6 Å². The van der Waals surface area contributed by atoms with Crippen LogP contribution < -0.4 is 10.6 Å². The number of aliphatic hydroxyl groups excluding tert-OH is 1. The van der Waals surface area contributed by atoms with Crippen molar-refractivity contribution in [2.75, 3.05) is 20.2 Å². The van der Waals surface area contributed by atoms with Crippen molar-refractivity contribution in [3.63, 3.8) is 0 Å². The first-order valence-electron chi connectivity index (χ1n) is 5.99. The van der Waals surface area contributed by atoms with Crippen LogP contribution in [0.3, 0.4) is 0 Å². The molecule has 1 aliphatic rings. The molecule has 0 aromatic heterocycles. The highest BCUT2D eigenvalue weighted by Gasteiger charge is 2.30. The summed E-state index contributed by atoms with van der Waals surface area (Å²) in [5.74, 6) is -0.392. The van der Waals surface area contributed by atoms with Crippen molar-refractivity contribution in [1.29, 1.82) is 0 Å². The van der Waals surface area contributed by atoms with Crippen molar-refractivity contribution in [3.05, 3.63) is 35.9 Å². The zero-order valence-electron chi connectivity index (χ0n) is 10.3. The number of hydrogen-bond acceptors (Lipinski definition) is 4. The number of nitrogens with one attached hydrogen (secondary N) is 2. The number of carbonyl (C=O) groups excluding carboxylic acids is 1. The predicted octanol–water partition coefficient (Wildman–Crippen LogP) is -0.177. The van der Waals surface area contributed by atoms with E-state index in [1.165, 1.54) is 0 Å². The first kappa shape index (κ1) is 13.0. The lowest BCUT2D eigenvalue weighted by Crippen LogP contribution is -2.45. The fourth-order valence-corrected chi connectivity index (χ4v) is 2.09. The molecule has 2 rings (SSSR count). The quantitative estimate of drug-likeness (QED) is 0.693. The van der Waals surface area contributed by atoms with Crippen molar-refractivity contribution >= 4 is 5.91 Å². The molecule has 1 saturated heterocycles. The van der Waals surface area contributed by atoms with Crippen molar-refractivity contribution in [3.8, 4) is 0 Å². The highest BCUT2D eigenvalue weighted by molar-refractivity contribution is 5.82. The van der Waals surface area contributed by atoms with Crippen LogP contribution in [0.1, 0.15) is 11.7 Å². The van der Waals surface area contributed by atoms with E-state index in [1.54, 1.807) is 31.4 Å². The van der Waals surface area contributed by atoms with Gasteiger partial charge in [-0.2, -0.15) is 0 Å². The number of rotatable bonds is 4. The number of ether oxygens (including phenoxy) is 1. The van der Waals surface area contributed by atoms with Gasteiger partial charge in [-0.3, -0.25) is 4.79 Å². The average molecular weight is 250 g/mol. The molecule has 1 aromatic rings. The zero-order chi connectivity index (χ0) is 13.0. The first-order valence-corrected chi connectivity index (χ1v) is 5.99. The van der Waals surface area contributed by atoms with E-state index in [2.05, 4.69) is 10.6 Å². The standard InChI is InChI=1S/C13H18N2O3/c1-18-11-8-14-7-10(11)15-13(17)12(16)9-5-3-2-4-6-9/h2-6,10-12,14,16H,7-8H2,1H3,(H,15,17)/t10?,11-,12?/m0/s1. The molecule has 1 aliphatic heterocycles. The molecule has 3 atom stereocenters. The van der Waals surface area contributed by atoms with Gasteiger partial charge in [0, 0.05) is 20.2 Å². The number of benzene rings is 1. The molecule has 0 bridgehead atoms. The van der Waals surface area contributed by atoms with Crippen LogP contribution in [0.2, 0.25) is 0 Å². The summed E-state index contributed by atoms with van der Waals surface area (Å²) >= 11 is 0. The third-order valence-corrected chi connectivity index (χ3v) is 3.15. The van der Waals surface area contributed by atoms with Gasteiger partial charge >= 0.3 is 0 Å². The molecule has 1 aromatic carbocycles. The molecule has 0 aliphatic carbocycles. The molecule has 0 radical (unpaired) electrons. The van der Waals surface area contributed by atoms with Gasteiger partial charge in [-0.25, -0.2) is 0 Å². The lowest BCUT2D eigenvalue weighted by Gasteiger charge is -2.20. The lowest BCUT2D eigenvalue weighted by molar-refractivity contribution is -0.131. The summed E-state index contributed by atoms with van der Waals surface area (Å²) in [7, 11) is 1.62. The summed E-state index contributed by atoms with van der Waals surface area (Å²) in [4.78, 5) is 11.9. The summed E-state index contributed by atoms with van der Waals surface area (Å²) in [6.45, 7) is 1.37. The lowest BCUT2D eigenvalue weighted by atomic mass is 10.1. The zero-order valence-corrected chi connectivity index (χ0v) is 10.3. The van der Waals surface area contributed by atoms with Gasteiger partial charge in [-0.05, 0) is 5.56 Å². The molecular weight excluding hydrogens is 232 g/mol. The molecule has 5 heteroatoms. The minimum absolute atomic E-state index is 0.0445. The second kappa shape index (κ2) is 5.95. The number of amides is 1. The van der Waals surface area contributed by atoms with Crippen LogP contribution in [0, 0.1) is 0 Å². The van der Waals surface area contributed by atoms with Gasteiger partial charge in [-0.1, -0.05) is 30.3 Å². The fraction of sp³-hybridized carbons (Fsp3) is 0.462. The van der Waals surface area contributed by atoms with Gasteiger partial charge < -0.3 is 20.5 Å². The molecule has 3 N–H and O–H groups in total. The SMILES string of the molecule is CO[C@H]1CNCC1NC(=O)C(O)c1ccccc1. The Morgan fingerprint density at radius 3 is 2.83 bits per heavy atom. The monoisotopic (exact) mass is 250 g/mol. The Morgan fingerprint density at radius 2 is 2.17 bits per heavy atom. The van der Waals surface area contributed by atoms with Gasteiger partial charge in [0.05, 0.1) is 12.1 Å². The Kier molecular flexibility index (Phi) is 4.30. The van der Waals surface area contributed by atoms with Gasteiger partial charge in [0.1, 0.15) is 0 Å². The highest BCUT2D eigenvalue weighted by Crippen LogP contribution is 2.13. The maximum atomic E-state index is 11.9. The Bertz CT molecular complexity index is 396. The van der Waals surface area contributed by atoms with Crippen molar-refractivity contribution in [2.24, 2.45) is 0 Å². The van der Waals surface area contributed by atoms with Crippen LogP contribution in [-0.2, 0) is 9.53 Å². The molecule has 2 unspecified atom stereocenters. The average Bonchev–Trinajstić information content (AvgIpc) is 2.86. The molecule has 18 heavy (non-hydrogen) atoms. The Labute approximate surface area is 106 Å². The minimum atomic E-state index is -1.13. The molecule has 0 spiro atoms. The summed E-state index contributed by atoms with van der Waals surface area (Å²) in [6, 6.07) is 8.79. The maximum absolute atomic E-state index is 11.9. The van der Waals surface area contributed by atoms with Gasteiger partial charge in [0.15, 0.2) is 6.10 Å². The first-order chi connectivity index (χ1) is 8.72. The second-order valence-corrected chi connectivity index (χ2v) is 4.36. The molecular formula is C13H18N2O3. The molecule has 1 heterocycles. The van der Waals surface area contributed by atoms with Crippen LogP contribution in [0.4, 0.5) is 0 Å². The molecule has 0 saturated carbocycles. The Morgan fingerprint density at radius 1 is 1.44 bits per heavy atom. The van der Waals surface area contributed by atoms with Crippen molar-refractivity contribution in [2.45, 2.75) is 18.2 Å². The number of aliphatic hydroxyl groups is 1. The van der Waals surface area contributed by atoms with E-state index in [1.807, 2.05) is 6.07 Å². The van der Waals surface area contributed by atoms with E-state index >= 15 is 0 Å². The van der Waals surface area contributed by atoms with E-state index in [0.29, 0.717) is 18.7 Å². The van der Waals surface area contributed by atoms with E-state index < -0.39 is 12.0 Å². The largest absolute Gasteiger partial charge is 0.378 e. The molecule has 98 valence electrons. The topological polar surface area (TPSA) is 70.6 Å². The van der Waals surface area contributed by atoms with E-state index in [0.717, 1.165) is 0 Å². The Balaban J connectivity index is 1.95. The summed E-state index contributed by atoms with van der Waals surface area (Å²) in [6.07, 6.45) is -1.18. The summed E-state index contributed by atoms with van der Waals surface area (Å²) in [5.41, 5.74) is 0.593. The van der Waals surface area contributed by atoms with Crippen LogP contribution in [0.25, 0.3) is 0 Å². The van der Waals surface area contributed by atoms with E-state index in [4.69, 9.17) is 4.74 Å². The minimum Gasteiger partial charge on any atom is -0.378 e. The maximum Gasteiger partial charge on any atom is 0.253 e. The van der Waals surface area contributed by atoms with Crippen LogP contribution >= 0.6 is 0 Å². The third kappa shape index (κ3) is 2.87. The highest BCUT2D eigenvalue weighted by atomic mass is 16.5. The Hall–Kier alpha value is -1.43. The third-order valence-electron chi connectivity index (χ3n) is 3.15. The van der Waals surface area contributed by atoms with Crippen LogP contribution in [0.15, 0.2) is 30.3 Å². The van der Waals surface area contributed by atoms with E-state index in [-0.39, 0.29) is 12.1 Å². The smallest absolute Gasteiger partial charge is 0.253 e. The van der Waals surface area contributed by atoms with Crippen LogP contribution in [-0.4, -0.2) is 43.4 Å². The van der Waals surface area contributed by atoms with Gasteiger partial charge in [0.2, 0.25) is 0 Å². The molecule has 1 amide bonds. The van der Waals surface area contributed by atoms with E-state index in [9.17, 15) is 9.90 Å². The molecule has 1 fully saturated rings. The number of hydrogen-bond donors (Lipinski definition) is 3. The summed E-state index contributed by atoms with van der Waals surface area (Å²) < 4.78 is 5.25. The molecule has 5 nitrogen and oxygen atoms in total.